The average molecular weight is 240 g/mol. The zero-order chi connectivity index (χ0) is 12.4. The quantitative estimate of drug-likeness (QED) is 0.804. The summed E-state index contributed by atoms with van der Waals surface area (Å²) in [5.74, 6) is -0.485. The lowest BCUT2D eigenvalue weighted by atomic mass is 10.1. The Balaban J connectivity index is 1.87. The summed E-state index contributed by atoms with van der Waals surface area (Å²) in [6.07, 6.45) is 3.03. The molecule has 0 aromatic carbocycles. The summed E-state index contributed by atoms with van der Waals surface area (Å²) in [6, 6.07) is 0.0168. The highest BCUT2D eigenvalue weighted by Crippen LogP contribution is 2.30. The molecule has 0 spiro atoms. The predicted octanol–water partition coefficient (Wildman–Crippen LogP) is 1.24. The fraction of sp³-hybridized carbons (Fsp3) is 0.833. The lowest BCUT2D eigenvalue weighted by Gasteiger charge is -2.27. The van der Waals surface area contributed by atoms with E-state index in [0.29, 0.717) is 32.0 Å². The van der Waals surface area contributed by atoms with Crippen LogP contribution in [-0.4, -0.2) is 53.1 Å². The fourth-order valence-electron chi connectivity index (χ4n) is 2.29. The number of carbonyl (C=O) groups is 2. The van der Waals surface area contributed by atoms with Gasteiger partial charge in [-0.15, -0.1) is 0 Å². The SMILES string of the molecule is CCN(CC1CC1)C(=O)N1CCC(C(=O)O)C1. The van der Waals surface area contributed by atoms with Crippen molar-refractivity contribution >= 4 is 12.0 Å². The standard InChI is InChI=1S/C12H20N2O3/c1-2-13(7-9-3-4-9)12(17)14-6-5-10(8-14)11(15)16/h9-10H,2-8H2,1H3,(H,15,16). The van der Waals surface area contributed by atoms with Crippen LogP contribution in [-0.2, 0) is 4.79 Å². The monoisotopic (exact) mass is 240 g/mol. The first kappa shape index (κ1) is 12.2. The number of carbonyl (C=O) groups excluding carboxylic acids is 1. The third-order valence-corrected chi connectivity index (χ3v) is 3.64. The molecule has 0 radical (unpaired) electrons. The van der Waals surface area contributed by atoms with Gasteiger partial charge in [0.15, 0.2) is 0 Å². The van der Waals surface area contributed by atoms with Gasteiger partial charge in [0, 0.05) is 26.2 Å². The van der Waals surface area contributed by atoms with E-state index in [1.807, 2.05) is 11.8 Å². The molecule has 0 aromatic heterocycles. The van der Waals surface area contributed by atoms with Crippen molar-refractivity contribution in [2.45, 2.75) is 26.2 Å². The Morgan fingerprint density at radius 1 is 1.35 bits per heavy atom. The molecule has 2 aliphatic rings. The van der Waals surface area contributed by atoms with Crippen molar-refractivity contribution in [3.63, 3.8) is 0 Å². The number of urea groups is 1. The lowest BCUT2D eigenvalue weighted by Crippen LogP contribution is -2.43. The highest BCUT2D eigenvalue weighted by Gasteiger charge is 2.34. The summed E-state index contributed by atoms with van der Waals surface area (Å²) < 4.78 is 0. The first-order valence-corrected chi connectivity index (χ1v) is 6.38. The normalized spacial score (nSPS) is 23.8. The fourth-order valence-corrected chi connectivity index (χ4v) is 2.29. The molecule has 0 bridgehead atoms. The average Bonchev–Trinajstić information content (AvgIpc) is 2.97. The third-order valence-electron chi connectivity index (χ3n) is 3.64. The van der Waals surface area contributed by atoms with E-state index < -0.39 is 5.97 Å². The summed E-state index contributed by atoms with van der Waals surface area (Å²) in [5.41, 5.74) is 0. The molecule has 2 amide bonds. The van der Waals surface area contributed by atoms with Crippen molar-refractivity contribution in [2.24, 2.45) is 11.8 Å². The van der Waals surface area contributed by atoms with E-state index >= 15 is 0 Å². The molecule has 0 aromatic rings. The lowest BCUT2D eigenvalue weighted by molar-refractivity contribution is -0.141. The Hall–Kier alpha value is -1.26. The highest BCUT2D eigenvalue weighted by molar-refractivity contribution is 5.77. The predicted molar refractivity (Wildman–Crippen MR) is 62.7 cm³/mol. The molecule has 1 saturated heterocycles. The Bertz CT molecular complexity index is 315. The van der Waals surface area contributed by atoms with Crippen molar-refractivity contribution in [2.75, 3.05) is 26.2 Å². The number of aliphatic carboxylic acids is 1. The van der Waals surface area contributed by atoms with Gasteiger partial charge in [0.1, 0.15) is 0 Å². The van der Waals surface area contributed by atoms with E-state index in [0.717, 1.165) is 6.54 Å². The second kappa shape index (κ2) is 4.94. The van der Waals surface area contributed by atoms with Gasteiger partial charge in [-0.05, 0) is 32.1 Å². The second-order valence-electron chi connectivity index (χ2n) is 5.03. The molecular formula is C12H20N2O3. The second-order valence-corrected chi connectivity index (χ2v) is 5.03. The molecule has 5 heteroatoms. The number of amides is 2. The summed E-state index contributed by atoms with van der Waals surface area (Å²) in [6.45, 7) is 4.48. The van der Waals surface area contributed by atoms with E-state index in [1.54, 1.807) is 4.90 Å². The minimum absolute atomic E-state index is 0.0168. The number of nitrogens with zero attached hydrogens (tertiary/aromatic N) is 2. The zero-order valence-corrected chi connectivity index (χ0v) is 10.3. The van der Waals surface area contributed by atoms with Gasteiger partial charge < -0.3 is 14.9 Å². The van der Waals surface area contributed by atoms with Gasteiger partial charge in [-0.3, -0.25) is 4.79 Å². The van der Waals surface area contributed by atoms with Crippen molar-refractivity contribution in [3.8, 4) is 0 Å². The van der Waals surface area contributed by atoms with E-state index in [1.165, 1.54) is 12.8 Å². The number of carboxylic acid groups (broad SMARTS) is 1. The Morgan fingerprint density at radius 3 is 2.53 bits per heavy atom. The zero-order valence-electron chi connectivity index (χ0n) is 10.3. The minimum atomic E-state index is -0.787. The van der Waals surface area contributed by atoms with Crippen LogP contribution in [0.4, 0.5) is 4.79 Å². The van der Waals surface area contributed by atoms with Gasteiger partial charge in [-0.2, -0.15) is 0 Å². The van der Waals surface area contributed by atoms with Gasteiger partial charge in [-0.25, -0.2) is 4.79 Å². The maximum atomic E-state index is 12.2. The maximum Gasteiger partial charge on any atom is 0.320 e. The van der Waals surface area contributed by atoms with Crippen LogP contribution in [0.2, 0.25) is 0 Å². The number of rotatable bonds is 4. The van der Waals surface area contributed by atoms with Gasteiger partial charge in [0.2, 0.25) is 0 Å². The molecule has 1 N–H and O–H groups in total. The molecule has 1 heterocycles. The van der Waals surface area contributed by atoms with Crippen LogP contribution < -0.4 is 0 Å². The van der Waals surface area contributed by atoms with Crippen molar-refractivity contribution in [3.05, 3.63) is 0 Å². The van der Waals surface area contributed by atoms with Crippen molar-refractivity contribution in [1.29, 1.82) is 0 Å². The molecule has 1 atom stereocenters. The molecule has 17 heavy (non-hydrogen) atoms. The van der Waals surface area contributed by atoms with E-state index in [-0.39, 0.29) is 11.9 Å². The van der Waals surface area contributed by atoms with Crippen LogP contribution in [0.25, 0.3) is 0 Å². The van der Waals surface area contributed by atoms with Gasteiger partial charge in [-0.1, -0.05) is 0 Å². The van der Waals surface area contributed by atoms with E-state index in [4.69, 9.17) is 5.11 Å². The molecule has 2 fully saturated rings. The number of hydrogen-bond donors (Lipinski definition) is 1. The van der Waals surface area contributed by atoms with Crippen LogP contribution >= 0.6 is 0 Å². The minimum Gasteiger partial charge on any atom is -0.481 e. The molecule has 1 saturated carbocycles. The molecule has 2 rings (SSSR count). The van der Waals surface area contributed by atoms with Crippen LogP contribution in [0.3, 0.4) is 0 Å². The molecule has 1 unspecified atom stereocenters. The van der Waals surface area contributed by atoms with Crippen molar-refractivity contribution in [1.82, 2.24) is 9.80 Å². The van der Waals surface area contributed by atoms with Gasteiger partial charge >= 0.3 is 12.0 Å². The Kier molecular flexibility index (Phi) is 3.54. The number of carboxylic acids is 1. The van der Waals surface area contributed by atoms with Crippen LogP contribution in [0.1, 0.15) is 26.2 Å². The first-order valence-electron chi connectivity index (χ1n) is 6.38. The Labute approximate surface area is 101 Å². The van der Waals surface area contributed by atoms with E-state index in [9.17, 15) is 9.59 Å². The molecule has 5 nitrogen and oxygen atoms in total. The van der Waals surface area contributed by atoms with Crippen molar-refractivity contribution < 1.29 is 14.7 Å². The Morgan fingerprint density at radius 2 is 2.06 bits per heavy atom. The summed E-state index contributed by atoms with van der Waals surface area (Å²) in [5, 5.41) is 8.91. The first-order chi connectivity index (χ1) is 8.11. The summed E-state index contributed by atoms with van der Waals surface area (Å²) in [4.78, 5) is 26.5. The highest BCUT2D eigenvalue weighted by atomic mass is 16.4. The molecular weight excluding hydrogens is 220 g/mol. The van der Waals surface area contributed by atoms with Crippen LogP contribution in [0, 0.1) is 11.8 Å². The molecule has 1 aliphatic heterocycles. The van der Waals surface area contributed by atoms with Crippen LogP contribution in [0.15, 0.2) is 0 Å². The van der Waals surface area contributed by atoms with Crippen LogP contribution in [0.5, 0.6) is 0 Å². The number of hydrogen-bond acceptors (Lipinski definition) is 2. The molecule has 96 valence electrons. The molecule has 1 aliphatic carbocycles. The topological polar surface area (TPSA) is 60.9 Å². The largest absolute Gasteiger partial charge is 0.481 e. The summed E-state index contributed by atoms with van der Waals surface area (Å²) >= 11 is 0. The van der Waals surface area contributed by atoms with Gasteiger partial charge in [0.25, 0.3) is 0 Å². The van der Waals surface area contributed by atoms with Gasteiger partial charge in [0.05, 0.1) is 5.92 Å². The smallest absolute Gasteiger partial charge is 0.320 e. The maximum absolute atomic E-state index is 12.2. The number of likely N-dealkylation sites (tertiary alicyclic amines) is 1. The third kappa shape index (κ3) is 2.90. The van der Waals surface area contributed by atoms with E-state index in [2.05, 4.69) is 0 Å². The summed E-state index contributed by atoms with van der Waals surface area (Å²) in [7, 11) is 0.